The Morgan fingerprint density at radius 2 is 1.86 bits per heavy atom. The standard InChI is InChI=1S/C18H29NO2/c1-15(2)16-4-6-17(7-5-16)18(8-11-21-12-9-18)14-19-10-13-20-3/h4-7,15,19H,8-14H2,1-3H3. The van der Waals surface area contributed by atoms with Crippen molar-refractivity contribution in [1.82, 2.24) is 5.32 Å². The molecule has 0 atom stereocenters. The Morgan fingerprint density at radius 3 is 2.43 bits per heavy atom. The normalized spacial score (nSPS) is 18.1. The van der Waals surface area contributed by atoms with Crippen LogP contribution in [0, 0.1) is 0 Å². The molecule has 0 saturated carbocycles. The first-order valence-electron chi connectivity index (χ1n) is 8.06. The Hall–Kier alpha value is -0.900. The van der Waals surface area contributed by atoms with Gasteiger partial charge in [0.25, 0.3) is 0 Å². The largest absolute Gasteiger partial charge is 0.383 e. The molecule has 0 spiro atoms. The smallest absolute Gasteiger partial charge is 0.0587 e. The molecule has 118 valence electrons. The molecule has 1 heterocycles. The third-order valence-corrected chi connectivity index (χ3v) is 4.59. The van der Waals surface area contributed by atoms with Crippen molar-refractivity contribution in [3.63, 3.8) is 0 Å². The summed E-state index contributed by atoms with van der Waals surface area (Å²) in [6, 6.07) is 9.20. The fourth-order valence-electron chi connectivity index (χ4n) is 3.05. The fraction of sp³-hybridized carbons (Fsp3) is 0.667. The summed E-state index contributed by atoms with van der Waals surface area (Å²) < 4.78 is 10.7. The first-order valence-corrected chi connectivity index (χ1v) is 8.06. The summed E-state index contributed by atoms with van der Waals surface area (Å²) in [5.74, 6) is 0.588. The minimum Gasteiger partial charge on any atom is -0.383 e. The van der Waals surface area contributed by atoms with E-state index in [4.69, 9.17) is 9.47 Å². The Kier molecular flexibility index (Phi) is 6.22. The van der Waals surface area contributed by atoms with Crippen molar-refractivity contribution >= 4 is 0 Å². The number of nitrogens with one attached hydrogen (secondary N) is 1. The van der Waals surface area contributed by atoms with E-state index in [1.807, 2.05) is 0 Å². The maximum absolute atomic E-state index is 5.58. The van der Waals surface area contributed by atoms with Gasteiger partial charge in [-0.25, -0.2) is 0 Å². The SMILES string of the molecule is COCCNCC1(c2ccc(C(C)C)cc2)CCOCC1. The van der Waals surface area contributed by atoms with E-state index in [0.29, 0.717) is 5.92 Å². The summed E-state index contributed by atoms with van der Waals surface area (Å²) in [7, 11) is 1.75. The molecule has 0 bridgehead atoms. The molecular formula is C18H29NO2. The first kappa shape index (κ1) is 16.5. The van der Waals surface area contributed by atoms with Gasteiger partial charge in [0.05, 0.1) is 6.61 Å². The van der Waals surface area contributed by atoms with Crippen LogP contribution in [-0.2, 0) is 14.9 Å². The summed E-state index contributed by atoms with van der Waals surface area (Å²) in [6.07, 6.45) is 2.18. The van der Waals surface area contributed by atoms with Gasteiger partial charge < -0.3 is 14.8 Å². The minimum absolute atomic E-state index is 0.210. The van der Waals surface area contributed by atoms with Gasteiger partial charge in [-0.3, -0.25) is 0 Å². The zero-order valence-corrected chi connectivity index (χ0v) is 13.7. The van der Waals surface area contributed by atoms with Gasteiger partial charge in [-0.1, -0.05) is 38.1 Å². The van der Waals surface area contributed by atoms with Gasteiger partial charge in [0.2, 0.25) is 0 Å². The lowest BCUT2D eigenvalue weighted by Crippen LogP contribution is -2.43. The molecule has 1 aliphatic rings. The van der Waals surface area contributed by atoms with Gasteiger partial charge in [-0.05, 0) is 29.9 Å². The maximum atomic E-state index is 5.58. The predicted molar refractivity (Wildman–Crippen MR) is 87.0 cm³/mol. The number of hydrogen-bond donors (Lipinski definition) is 1. The summed E-state index contributed by atoms with van der Waals surface area (Å²) in [6.45, 7) is 8.87. The van der Waals surface area contributed by atoms with E-state index in [1.54, 1.807) is 7.11 Å². The van der Waals surface area contributed by atoms with Crippen LogP contribution in [0.1, 0.15) is 43.7 Å². The Balaban J connectivity index is 2.10. The van der Waals surface area contributed by atoms with Crippen molar-refractivity contribution in [3.8, 4) is 0 Å². The van der Waals surface area contributed by atoms with Crippen molar-refractivity contribution in [1.29, 1.82) is 0 Å². The van der Waals surface area contributed by atoms with E-state index in [-0.39, 0.29) is 5.41 Å². The van der Waals surface area contributed by atoms with E-state index in [1.165, 1.54) is 11.1 Å². The van der Waals surface area contributed by atoms with Crippen LogP contribution in [0.4, 0.5) is 0 Å². The summed E-state index contributed by atoms with van der Waals surface area (Å²) in [5, 5.41) is 3.55. The van der Waals surface area contributed by atoms with Gasteiger partial charge in [0.15, 0.2) is 0 Å². The van der Waals surface area contributed by atoms with Gasteiger partial charge in [0, 0.05) is 38.8 Å². The molecule has 2 rings (SSSR count). The first-order chi connectivity index (χ1) is 10.2. The lowest BCUT2D eigenvalue weighted by atomic mass is 9.73. The fourth-order valence-corrected chi connectivity index (χ4v) is 3.05. The molecule has 1 aromatic rings. The minimum atomic E-state index is 0.210. The van der Waals surface area contributed by atoms with Crippen LogP contribution in [-0.4, -0.2) is 40.0 Å². The van der Waals surface area contributed by atoms with Crippen molar-refractivity contribution in [2.45, 2.75) is 38.0 Å². The number of hydrogen-bond acceptors (Lipinski definition) is 3. The molecule has 1 aliphatic heterocycles. The highest BCUT2D eigenvalue weighted by Gasteiger charge is 2.34. The molecule has 3 nitrogen and oxygen atoms in total. The molecule has 3 heteroatoms. The van der Waals surface area contributed by atoms with Crippen LogP contribution < -0.4 is 5.32 Å². The lowest BCUT2D eigenvalue weighted by molar-refractivity contribution is 0.0492. The molecule has 0 radical (unpaired) electrons. The number of methoxy groups -OCH3 is 1. The van der Waals surface area contributed by atoms with E-state index in [2.05, 4.69) is 43.4 Å². The summed E-state index contributed by atoms with van der Waals surface area (Å²) in [4.78, 5) is 0. The van der Waals surface area contributed by atoms with Crippen molar-refractivity contribution in [3.05, 3.63) is 35.4 Å². The molecule has 21 heavy (non-hydrogen) atoms. The second-order valence-electron chi connectivity index (χ2n) is 6.34. The number of rotatable bonds is 7. The Labute approximate surface area is 129 Å². The second kappa shape index (κ2) is 7.92. The van der Waals surface area contributed by atoms with E-state index in [9.17, 15) is 0 Å². The molecule has 1 fully saturated rings. The molecule has 0 aromatic heterocycles. The van der Waals surface area contributed by atoms with Crippen LogP contribution in [0.15, 0.2) is 24.3 Å². The van der Waals surface area contributed by atoms with Crippen LogP contribution in [0.2, 0.25) is 0 Å². The summed E-state index contributed by atoms with van der Waals surface area (Å²) >= 11 is 0. The quantitative estimate of drug-likeness (QED) is 0.783. The Morgan fingerprint density at radius 1 is 1.19 bits per heavy atom. The summed E-state index contributed by atoms with van der Waals surface area (Å²) in [5.41, 5.74) is 3.06. The van der Waals surface area contributed by atoms with Crippen molar-refractivity contribution < 1.29 is 9.47 Å². The van der Waals surface area contributed by atoms with Gasteiger partial charge >= 0.3 is 0 Å². The molecule has 0 aliphatic carbocycles. The number of ether oxygens (including phenoxy) is 2. The van der Waals surface area contributed by atoms with Crippen LogP contribution in [0.25, 0.3) is 0 Å². The Bertz CT molecular complexity index is 408. The second-order valence-corrected chi connectivity index (χ2v) is 6.34. The van der Waals surface area contributed by atoms with Crippen molar-refractivity contribution in [2.24, 2.45) is 0 Å². The van der Waals surface area contributed by atoms with E-state index < -0.39 is 0 Å². The van der Waals surface area contributed by atoms with Crippen LogP contribution in [0.5, 0.6) is 0 Å². The predicted octanol–water partition coefficient (Wildman–Crippen LogP) is 3.09. The van der Waals surface area contributed by atoms with Crippen LogP contribution in [0.3, 0.4) is 0 Å². The van der Waals surface area contributed by atoms with E-state index >= 15 is 0 Å². The average molecular weight is 291 g/mol. The molecule has 0 amide bonds. The highest BCUT2D eigenvalue weighted by Crippen LogP contribution is 2.35. The average Bonchev–Trinajstić information content (AvgIpc) is 2.53. The topological polar surface area (TPSA) is 30.5 Å². The van der Waals surface area contributed by atoms with Gasteiger partial charge in [0.1, 0.15) is 0 Å². The lowest BCUT2D eigenvalue weighted by Gasteiger charge is -2.38. The van der Waals surface area contributed by atoms with E-state index in [0.717, 1.165) is 45.8 Å². The van der Waals surface area contributed by atoms with Crippen LogP contribution >= 0.6 is 0 Å². The third-order valence-electron chi connectivity index (χ3n) is 4.59. The molecular weight excluding hydrogens is 262 g/mol. The maximum Gasteiger partial charge on any atom is 0.0587 e. The zero-order chi connectivity index (χ0) is 15.1. The molecule has 0 unspecified atom stereocenters. The third kappa shape index (κ3) is 4.29. The highest BCUT2D eigenvalue weighted by molar-refractivity contribution is 5.31. The monoisotopic (exact) mass is 291 g/mol. The highest BCUT2D eigenvalue weighted by atomic mass is 16.5. The van der Waals surface area contributed by atoms with Gasteiger partial charge in [-0.15, -0.1) is 0 Å². The number of benzene rings is 1. The van der Waals surface area contributed by atoms with Crippen molar-refractivity contribution in [2.75, 3.05) is 40.0 Å². The van der Waals surface area contributed by atoms with Gasteiger partial charge in [-0.2, -0.15) is 0 Å². The zero-order valence-electron chi connectivity index (χ0n) is 13.7. The molecule has 1 N–H and O–H groups in total. The molecule has 1 saturated heterocycles. The molecule has 1 aromatic carbocycles.